The van der Waals surface area contributed by atoms with Crippen molar-refractivity contribution in [2.45, 2.75) is 71.1 Å². The number of benzene rings is 3. The highest BCUT2D eigenvalue weighted by Gasteiger charge is 2.44. The Morgan fingerprint density at radius 1 is 0.745 bits per heavy atom. The van der Waals surface area contributed by atoms with Gasteiger partial charge in [0.15, 0.2) is 5.71 Å². The first-order valence-corrected chi connectivity index (χ1v) is 21.9. The SMILES string of the molecule is Cc1ccc(C2=C(/C=C/C3=[N+](CCCCS(=O)(=O)O)c4ccccc4C3(C)C)OCO/C2=C\C=C2\N(CCCCS(=O)(=O)O)c3ccccc3C2(C)C)cc1. The third kappa shape index (κ3) is 8.99. The summed E-state index contributed by atoms with van der Waals surface area (Å²) in [5.74, 6) is 0.721. The molecule has 2 N–H and O–H groups in total. The Labute approximate surface area is 325 Å². The van der Waals surface area contributed by atoms with E-state index in [1.54, 1.807) is 0 Å². The van der Waals surface area contributed by atoms with E-state index in [2.05, 4.69) is 97.9 Å². The zero-order valence-corrected chi connectivity index (χ0v) is 33.8. The molecule has 55 heavy (non-hydrogen) atoms. The first kappa shape index (κ1) is 40.2. The van der Waals surface area contributed by atoms with E-state index in [1.807, 2.05) is 43.3 Å². The molecule has 0 saturated carbocycles. The van der Waals surface area contributed by atoms with Crippen LogP contribution in [0.15, 0.2) is 114 Å². The first-order chi connectivity index (χ1) is 26.0. The number of ether oxygens (including phenoxy) is 2. The Hall–Kier alpha value is -4.49. The topological polar surface area (TPSA) is 133 Å². The largest absolute Gasteiger partial charge is 0.457 e. The molecule has 3 heterocycles. The van der Waals surface area contributed by atoms with Gasteiger partial charge >= 0.3 is 0 Å². The van der Waals surface area contributed by atoms with Crippen molar-refractivity contribution in [3.05, 3.63) is 137 Å². The summed E-state index contributed by atoms with van der Waals surface area (Å²) in [5, 5.41) is 0. The Bertz CT molecular complexity index is 2320. The van der Waals surface area contributed by atoms with E-state index < -0.39 is 20.2 Å². The molecule has 12 heteroatoms. The Morgan fingerprint density at radius 3 is 2.07 bits per heavy atom. The summed E-state index contributed by atoms with van der Waals surface area (Å²) in [4.78, 5) is 2.23. The van der Waals surface area contributed by atoms with Crippen molar-refractivity contribution in [2.24, 2.45) is 0 Å². The molecule has 3 aromatic carbocycles. The van der Waals surface area contributed by atoms with Crippen LogP contribution in [-0.2, 0) is 40.5 Å². The highest BCUT2D eigenvalue weighted by molar-refractivity contribution is 7.86. The molecular formula is C43H51N2O8S2+. The van der Waals surface area contributed by atoms with Crippen molar-refractivity contribution in [3.63, 3.8) is 0 Å². The molecule has 0 fully saturated rings. The molecule has 0 bridgehead atoms. The first-order valence-electron chi connectivity index (χ1n) is 18.7. The maximum atomic E-state index is 11.4. The van der Waals surface area contributed by atoms with E-state index in [1.165, 1.54) is 11.1 Å². The number of nitrogens with zero attached hydrogens (tertiary/aromatic N) is 2. The molecule has 0 aromatic heterocycles. The predicted octanol–water partition coefficient (Wildman–Crippen LogP) is 8.24. The lowest BCUT2D eigenvalue weighted by molar-refractivity contribution is -0.438. The number of fused-ring (bicyclic) bond motifs is 2. The highest BCUT2D eigenvalue weighted by Crippen LogP contribution is 2.48. The quantitative estimate of drug-likeness (QED) is 0.0942. The average molecular weight is 788 g/mol. The van der Waals surface area contributed by atoms with Gasteiger partial charge in [-0.15, -0.1) is 0 Å². The second-order valence-electron chi connectivity index (χ2n) is 15.4. The number of hydrogen-bond acceptors (Lipinski definition) is 7. The Morgan fingerprint density at radius 2 is 1.38 bits per heavy atom. The lowest BCUT2D eigenvalue weighted by atomic mass is 9.81. The van der Waals surface area contributed by atoms with Gasteiger partial charge in [0.1, 0.15) is 18.1 Å². The van der Waals surface area contributed by atoms with E-state index in [-0.39, 0.29) is 29.1 Å². The molecule has 0 spiro atoms. The van der Waals surface area contributed by atoms with Crippen LogP contribution in [0.1, 0.15) is 75.6 Å². The predicted molar refractivity (Wildman–Crippen MR) is 218 cm³/mol. The van der Waals surface area contributed by atoms with Crippen LogP contribution in [0.25, 0.3) is 5.57 Å². The summed E-state index contributed by atoms with van der Waals surface area (Å²) >= 11 is 0. The number of allylic oxidation sites excluding steroid dienone is 6. The molecule has 0 saturated heterocycles. The third-order valence-corrected chi connectivity index (χ3v) is 12.3. The van der Waals surface area contributed by atoms with Crippen LogP contribution in [0, 0.1) is 6.92 Å². The number of hydrogen-bond donors (Lipinski definition) is 2. The molecule has 0 aliphatic carbocycles. The van der Waals surface area contributed by atoms with Crippen LogP contribution in [0.4, 0.5) is 11.4 Å². The minimum absolute atomic E-state index is 0.00527. The Balaban J connectivity index is 1.41. The second-order valence-corrected chi connectivity index (χ2v) is 18.5. The monoisotopic (exact) mass is 787 g/mol. The average Bonchev–Trinajstić information content (AvgIpc) is 3.47. The van der Waals surface area contributed by atoms with Crippen molar-refractivity contribution in [1.29, 1.82) is 0 Å². The molecule has 0 amide bonds. The van der Waals surface area contributed by atoms with Gasteiger partial charge in [-0.3, -0.25) is 9.11 Å². The van der Waals surface area contributed by atoms with Crippen LogP contribution >= 0.6 is 0 Å². The number of anilines is 1. The fraction of sp³-hybridized carbons (Fsp3) is 0.372. The zero-order valence-electron chi connectivity index (χ0n) is 32.2. The highest BCUT2D eigenvalue weighted by atomic mass is 32.2. The van der Waals surface area contributed by atoms with Gasteiger partial charge in [-0.2, -0.15) is 21.4 Å². The summed E-state index contributed by atoms with van der Waals surface area (Å²) in [7, 11) is -8.08. The van der Waals surface area contributed by atoms with Gasteiger partial charge in [0.2, 0.25) is 12.5 Å². The number of para-hydroxylation sites is 2. The van der Waals surface area contributed by atoms with E-state index in [0.29, 0.717) is 50.3 Å². The number of aryl methyl sites for hydroxylation is 1. The minimum atomic E-state index is -4.04. The van der Waals surface area contributed by atoms with Crippen LogP contribution in [0.5, 0.6) is 0 Å². The fourth-order valence-electron chi connectivity index (χ4n) is 7.87. The van der Waals surface area contributed by atoms with E-state index in [0.717, 1.165) is 39.5 Å². The second kappa shape index (κ2) is 15.9. The minimum Gasteiger partial charge on any atom is -0.457 e. The summed E-state index contributed by atoms with van der Waals surface area (Å²) in [6.45, 7) is 11.9. The van der Waals surface area contributed by atoms with Gasteiger partial charge in [0.05, 0.1) is 22.5 Å². The lowest BCUT2D eigenvalue weighted by Gasteiger charge is -2.28. The van der Waals surface area contributed by atoms with Crippen molar-refractivity contribution < 1.29 is 40.0 Å². The summed E-state index contributed by atoms with van der Waals surface area (Å²) < 4.78 is 79.1. The van der Waals surface area contributed by atoms with Crippen LogP contribution in [0.3, 0.4) is 0 Å². The normalized spacial score (nSPS) is 19.3. The summed E-state index contributed by atoms with van der Waals surface area (Å²) in [6, 6.07) is 24.7. The van der Waals surface area contributed by atoms with Gasteiger partial charge in [0.25, 0.3) is 20.2 Å². The summed E-state index contributed by atoms with van der Waals surface area (Å²) in [5.41, 5.74) is 8.65. The van der Waals surface area contributed by atoms with E-state index >= 15 is 0 Å². The molecule has 0 atom stereocenters. The molecule has 3 aliphatic heterocycles. The zero-order chi connectivity index (χ0) is 39.6. The van der Waals surface area contributed by atoms with Gasteiger partial charge in [-0.1, -0.05) is 80.1 Å². The molecule has 0 unspecified atom stereocenters. The van der Waals surface area contributed by atoms with Crippen molar-refractivity contribution in [2.75, 3.05) is 36.3 Å². The molecule has 0 radical (unpaired) electrons. The van der Waals surface area contributed by atoms with Crippen molar-refractivity contribution >= 4 is 42.9 Å². The van der Waals surface area contributed by atoms with Gasteiger partial charge < -0.3 is 14.4 Å². The number of unbranched alkanes of at least 4 members (excludes halogenated alkanes) is 2. The standard InChI is InChI=1S/C43H50N2O8S2/c1-31-18-20-32(21-19-31)41-37(22-24-39-42(2,3)33-14-6-8-16-35(33)44(39)26-10-12-28-54(46,47)48)52-30-53-38(41)23-25-40-43(4,5)34-15-7-9-17-36(34)45(40)27-11-13-29-55(49,50)51/h6-9,14-25H,10-13,26-30H2,1-5H3,(H-,46,47,48,49,50,51)/p+1. The maximum absolute atomic E-state index is 11.4. The van der Waals surface area contributed by atoms with Crippen LogP contribution < -0.4 is 4.90 Å². The summed E-state index contributed by atoms with van der Waals surface area (Å²) in [6.07, 6.45) is 9.97. The van der Waals surface area contributed by atoms with Gasteiger partial charge in [-0.25, -0.2) is 0 Å². The molecule has 3 aliphatic rings. The van der Waals surface area contributed by atoms with Crippen molar-refractivity contribution in [3.8, 4) is 0 Å². The van der Waals surface area contributed by atoms with Crippen LogP contribution in [0.2, 0.25) is 0 Å². The third-order valence-electron chi connectivity index (χ3n) is 10.7. The Kier molecular flexibility index (Phi) is 11.6. The molecule has 292 valence electrons. The van der Waals surface area contributed by atoms with E-state index in [9.17, 15) is 25.9 Å². The maximum Gasteiger partial charge on any atom is 0.264 e. The van der Waals surface area contributed by atoms with E-state index in [4.69, 9.17) is 9.47 Å². The fourth-order valence-corrected chi connectivity index (χ4v) is 9.01. The van der Waals surface area contributed by atoms with Crippen molar-refractivity contribution in [1.82, 2.24) is 0 Å². The molecule has 6 rings (SSSR count). The number of rotatable bonds is 14. The molecular weight excluding hydrogens is 737 g/mol. The lowest BCUT2D eigenvalue weighted by Crippen LogP contribution is -2.28. The van der Waals surface area contributed by atoms with Crippen LogP contribution in [-0.4, -0.2) is 67.6 Å². The van der Waals surface area contributed by atoms with Gasteiger partial charge in [-0.05, 0) is 75.5 Å². The molecule has 3 aromatic rings. The molecule has 10 nitrogen and oxygen atoms in total. The smallest absolute Gasteiger partial charge is 0.264 e. The van der Waals surface area contributed by atoms with Gasteiger partial charge in [0, 0.05) is 47.5 Å².